The first-order valence-electron chi connectivity index (χ1n) is 11.5. The Labute approximate surface area is 216 Å². The van der Waals surface area contributed by atoms with Gasteiger partial charge in [0.25, 0.3) is 11.5 Å². The predicted molar refractivity (Wildman–Crippen MR) is 144 cm³/mol. The van der Waals surface area contributed by atoms with Crippen molar-refractivity contribution in [2.75, 3.05) is 19.6 Å². The maximum atomic E-state index is 13.5. The lowest BCUT2D eigenvalue weighted by Gasteiger charge is -2.26. The zero-order chi connectivity index (χ0) is 24.9. The summed E-state index contributed by atoms with van der Waals surface area (Å²) >= 11 is 4.66. The number of aryl methyl sites for hydroxylation is 1. The summed E-state index contributed by atoms with van der Waals surface area (Å²) in [6, 6.07) is 17.2. The van der Waals surface area contributed by atoms with Gasteiger partial charge in [-0.15, -0.1) is 0 Å². The number of nitrogens with two attached hydrogens (primary N) is 1. The van der Waals surface area contributed by atoms with Crippen molar-refractivity contribution in [2.45, 2.75) is 26.8 Å². The minimum atomic E-state index is -0.0722. The smallest absolute Gasteiger partial charge is 0.264 e. The number of hydrogen-bond acceptors (Lipinski definition) is 6. The second kappa shape index (κ2) is 11.2. The van der Waals surface area contributed by atoms with E-state index in [4.69, 9.17) is 10.7 Å². The van der Waals surface area contributed by atoms with Crippen molar-refractivity contribution in [1.82, 2.24) is 18.8 Å². The monoisotopic (exact) mass is 553 g/mol. The van der Waals surface area contributed by atoms with E-state index in [2.05, 4.69) is 27.2 Å². The number of hydrogen-bond donors (Lipinski definition) is 1. The number of rotatable bonds is 9. The summed E-state index contributed by atoms with van der Waals surface area (Å²) in [5, 5.41) is 0.581. The van der Waals surface area contributed by atoms with Gasteiger partial charge in [-0.05, 0) is 54.2 Å². The topological polar surface area (TPSA) is 94.1 Å². The highest BCUT2D eigenvalue weighted by molar-refractivity contribution is 9.10. The molecule has 2 aromatic heterocycles. The van der Waals surface area contributed by atoms with E-state index >= 15 is 0 Å². The summed E-state index contributed by atoms with van der Waals surface area (Å²) in [6.45, 7) is 5.68. The number of benzene rings is 2. The van der Waals surface area contributed by atoms with E-state index in [0.717, 1.165) is 10.0 Å². The maximum absolute atomic E-state index is 13.5. The fourth-order valence-electron chi connectivity index (χ4n) is 4.15. The van der Waals surface area contributed by atoms with Gasteiger partial charge in [-0.25, -0.2) is 4.98 Å². The van der Waals surface area contributed by atoms with E-state index in [1.807, 2.05) is 49.4 Å². The second-order valence-electron chi connectivity index (χ2n) is 8.71. The molecule has 0 saturated carbocycles. The molecule has 0 aliphatic rings. The molecule has 1 atom stereocenters. The summed E-state index contributed by atoms with van der Waals surface area (Å²) < 4.78 is 7.03. The van der Waals surface area contributed by atoms with Gasteiger partial charge in [-0.1, -0.05) is 53.2 Å². The summed E-state index contributed by atoms with van der Waals surface area (Å²) in [5.74, 6) is 0.700. The predicted octanol–water partition coefficient (Wildman–Crippen LogP) is 4.25. The molecule has 2 N–H and O–H groups in total. The zero-order valence-electron chi connectivity index (χ0n) is 19.8. The lowest BCUT2D eigenvalue weighted by atomic mass is 10.1. The van der Waals surface area contributed by atoms with Gasteiger partial charge in [0.1, 0.15) is 5.82 Å². The van der Waals surface area contributed by atoms with Crippen LogP contribution in [0.15, 0.2) is 63.9 Å². The molecule has 2 heterocycles. The van der Waals surface area contributed by atoms with Gasteiger partial charge >= 0.3 is 0 Å². The van der Waals surface area contributed by atoms with Crippen LogP contribution in [0.2, 0.25) is 0 Å². The van der Waals surface area contributed by atoms with Crippen molar-refractivity contribution in [3.8, 4) is 0 Å². The fraction of sp³-hybridized carbons (Fsp3) is 0.308. The second-order valence-corrected chi connectivity index (χ2v) is 10.4. The average Bonchev–Trinajstić information content (AvgIpc) is 3.22. The fourth-order valence-corrected chi connectivity index (χ4v) is 5.21. The molecule has 9 heteroatoms. The Bertz CT molecular complexity index is 1370. The standard InChI is InChI=1S/C26H28BrN5O2S/c1-17(15-31(13-12-28)25(33)20-8-10-21(27)11-9-20)14-22-29-24-23(18(2)30-35-24)26(34)32(22)16-19-6-4-3-5-7-19/h3-11,17H,12-16,28H2,1-2H3. The Hall–Kier alpha value is -2.88. The number of halogens is 1. The number of carbonyl (C=O) groups excluding carboxylic acids is 1. The first-order valence-corrected chi connectivity index (χ1v) is 13.1. The van der Waals surface area contributed by atoms with Crippen molar-refractivity contribution >= 4 is 43.6 Å². The van der Waals surface area contributed by atoms with Gasteiger partial charge in [-0.3, -0.25) is 14.2 Å². The van der Waals surface area contributed by atoms with Gasteiger partial charge in [0.05, 0.1) is 17.6 Å². The zero-order valence-corrected chi connectivity index (χ0v) is 22.2. The minimum Gasteiger partial charge on any atom is -0.337 e. The van der Waals surface area contributed by atoms with Gasteiger partial charge in [0.15, 0.2) is 4.83 Å². The molecular weight excluding hydrogens is 526 g/mol. The third kappa shape index (κ3) is 5.86. The number of nitrogens with zero attached hydrogens (tertiary/aromatic N) is 4. The number of amides is 1. The lowest BCUT2D eigenvalue weighted by molar-refractivity contribution is 0.0736. The summed E-state index contributed by atoms with van der Waals surface area (Å²) in [5.41, 5.74) is 8.11. The van der Waals surface area contributed by atoms with Crippen molar-refractivity contribution in [1.29, 1.82) is 0 Å². The van der Waals surface area contributed by atoms with Gasteiger partial charge in [0.2, 0.25) is 0 Å². The highest BCUT2D eigenvalue weighted by atomic mass is 79.9. The van der Waals surface area contributed by atoms with E-state index in [0.29, 0.717) is 59.9 Å². The van der Waals surface area contributed by atoms with Crippen LogP contribution in [0.5, 0.6) is 0 Å². The van der Waals surface area contributed by atoms with E-state index in [9.17, 15) is 9.59 Å². The van der Waals surface area contributed by atoms with Crippen molar-refractivity contribution in [2.24, 2.45) is 11.7 Å². The Kier molecular flexibility index (Phi) is 8.10. The largest absolute Gasteiger partial charge is 0.337 e. The van der Waals surface area contributed by atoms with E-state index in [-0.39, 0.29) is 17.4 Å². The van der Waals surface area contributed by atoms with Crippen LogP contribution in [0, 0.1) is 12.8 Å². The number of fused-ring (bicyclic) bond motifs is 1. The van der Waals surface area contributed by atoms with E-state index < -0.39 is 0 Å². The van der Waals surface area contributed by atoms with E-state index in [1.54, 1.807) is 21.6 Å². The van der Waals surface area contributed by atoms with Crippen LogP contribution in [0.1, 0.15) is 34.4 Å². The van der Waals surface area contributed by atoms with Crippen LogP contribution in [-0.2, 0) is 13.0 Å². The molecule has 0 fully saturated rings. The Morgan fingerprint density at radius 2 is 1.89 bits per heavy atom. The van der Waals surface area contributed by atoms with Crippen LogP contribution < -0.4 is 11.3 Å². The third-order valence-electron chi connectivity index (χ3n) is 5.87. The van der Waals surface area contributed by atoms with Crippen LogP contribution >= 0.6 is 27.5 Å². The van der Waals surface area contributed by atoms with Gasteiger partial charge < -0.3 is 10.6 Å². The minimum absolute atomic E-state index is 0.0568. The molecule has 0 bridgehead atoms. The van der Waals surface area contributed by atoms with Crippen LogP contribution in [0.4, 0.5) is 0 Å². The molecule has 1 amide bonds. The molecule has 35 heavy (non-hydrogen) atoms. The van der Waals surface area contributed by atoms with Crippen molar-refractivity contribution in [3.05, 3.63) is 92.1 Å². The first kappa shape index (κ1) is 25.2. The van der Waals surface area contributed by atoms with Gasteiger partial charge in [-0.2, -0.15) is 4.37 Å². The quantitative estimate of drug-likeness (QED) is 0.334. The lowest BCUT2D eigenvalue weighted by Crippen LogP contribution is -2.39. The molecule has 0 aliphatic heterocycles. The van der Waals surface area contributed by atoms with Gasteiger partial charge in [0, 0.05) is 36.1 Å². The summed E-state index contributed by atoms with van der Waals surface area (Å²) in [7, 11) is 0. The molecule has 2 aromatic carbocycles. The molecule has 0 radical (unpaired) electrons. The summed E-state index contributed by atoms with van der Waals surface area (Å²) in [4.78, 5) is 33.9. The highest BCUT2D eigenvalue weighted by Crippen LogP contribution is 2.20. The molecule has 182 valence electrons. The maximum Gasteiger partial charge on any atom is 0.264 e. The molecular formula is C26H28BrN5O2S. The molecule has 0 spiro atoms. The number of aromatic nitrogens is 3. The van der Waals surface area contributed by atoms with Crippen molar-refractivity contribution in [3.63, 3.8) is 0 Å². The normalized spacial score (nSPS) is 12.1. The first-order chi connectivity index (χ1) is 16.9. The number of carbonyl (C=O) groups is 1. The average molecular weight is 555 g/mol. The Morgan fingerprint density at radius 3 is 2.57 bits per heavy atom. The molecule has 4 aromatic rings. The Balaban J connectivity index is 1.61. The molecule has 0 aliphatic carbocycles. The third-order valence-corrected chi connectivity index (χ3v) is 7.23. The highest BCUT2D eigenvalue weighted by Gasteiger charge is 2.21. The van der Waals surface area contributed by atoms with Crippen LogP contribution in [-0.4, -0.2) is 44.4 Å². The van der Waals surface area contributed by atoms with E-state index in [1.165, 1.54) is 11.5 Å². The molecule has 1 unspecified atom stereocenters. The molecule has 4 rings (SSSR count). The van der Waals surface area contributed by atoms with Crippen LogP contribution in [0.3, 0.4) is 0 Å². The Morgan fingerprint density at radius 1 is 1.17 bits per heavy atom. The SMILES string of the molecule is Cc1nsc2nc(CC(C)CN(CCN)C(=O)c3ccc(Br)cc3)n(Cc3ccccc3)c(=O)c12. The summed E-state index contributed by atoms with van der Waals surface area (Å²) in [6.07, 6.45) is 0.545. The molecule has 7 nitrogen and oxygen atoms in total. The van der Waals surface area contributed by atoms with Crippen LogP contribution in [0.25, 0.3) is 10.2 Å². The molecule has 0 saturated heterocycles. The van der Waals surface area contributed by atoms with Crippen molar-refractivity contribution < 1.29 is 4.79 Å².